The number of carboxylic acids is 1. The minimum atomic E-state index is -1.02. The summed E-state index contributed by atoms with van der Waals surface area (Å²) in [6, 6.07) is 3.25. The van der Waals surface area contributed by atoms with Gasteiger partial charge in [0.2, 0.25) is 5.76 Å². The van der Waals surface area contributed by atoms with Crippen molar-refractivity contribution in [2.45, 2.75) is 39.7 Å². The molecule has 0 spiro atoms. The lowest BCUT2D eigenvalue weighted by Gasteiger charge is -2.16. The molecule has 4 nitrogen and oxygen atoms in total. The van der Waals surface area contributed by atoms with Gasteiger partial charge in [0.25, 0.3) is 0 Å². The molecule has 0 saturated heterocycles. The van der Waals surface area contributed by atoms with Crippen LogP contribution in [0.2, 0.25) is 0 Å². The first-order chi connectivity index (χ1) is 8.08. The second-order valence-electron chi connectivity index (χ2n) is 4.32. The Bertz CT molecular complexity index is 355. The van der Waals surface area contributed by atoms with Crippen molar-refractivity contribution in [3.8, 4) is 0 Å². The van der Waals surface area contributed by atoms with E-state index in [4.69, 9.17) is 9.52 Å². The molecule has 17 heavy (non-hydrogen) atoms. The molecule has 1 rings (SSSR count). The highest BCUT2D eigenvalue weighted by atomic mass is 16.4. The number of furan rings is 1. The maximum absolute atomic E-state index is 10.7. The van der Waals surface area contributed by atoms with E-state index >= 15 is 0 Å². The van der Waals surface area contributed by atoms with Gasteiger partial charge < -0.3 is 14.8 Å². The van der Waals surface area contributed by atoms with Gasteiger partial charge in [-0.2, -0.15) is 0 Å². The first-order valence-corrected chi connectivity index (χ1v) is 6.14. The monoisotopic (exact) mass is 239 g/mol. The molecule has 0 aromatic carbocycles. The molecule has 1 heterocycles. The zero-order valence-corrected chi connectivity index (χ0v) is 10.7. The number of aromatic carboxylic acids is 1. The molecule has 4 heteroatoms. The maximum atomic E-state index is 10.7. The van der Waals surface area contributed by atoms with Crippen LogP contribution in [0.3, 0.4) is 0 Å². The Balaban J connectivity index is 2.51. The normalized spacial score (nSPS) is 12.9. The van der Waals surface area contributed by atoms with Gasteiger partial charge in [-0.25, -0.2) is 4.79 Å². The molecule has 0 amide bonds. The standard InChI is InChI=1S/C13H21NO3/c1-4-10(5-2)8-14-9(3)11-6-7-12(17-11)13(15)16/h6-7,9-10,14H,4-5,8H2,1-3H3,(H,15,16). The van der Waals surface area contributed by atoms with Gasteiger partial charge >= 0.3 is 5.97 Å². The molecule has 0 aliphatic carbocycles. The average molecular weight is 239 g/mol. The van der Waals surface area contributed by atoms with Gasteiger partial charge in [-0.05, 0) is 31.5 Å². The van der Waals surface area contributed by atoms with E-state index in [1.54, 1.807) is 6.07 Å². The predicted molar refractivity (Wildman–Crippen MR) is 66.2 cm³/mol. The summed E-state index contributed by atoms with van der Waals surface area (Å²) in [5, 5.41) is 12.1. The molecule has 1 atom stereocenters. The van der Waals surface area contributed by atoms with Crippen molar-refractivity contribution in [2.24, 2.45) is 5.92 Å². The Hall–Kier alpha value is -1.29. The van der Waals surface area contributed by atoms with Gasteiger partial charge in [-0.15, -0.1) is 0 Å². The Morgan fingerprint density at radius 3 is 2.53 bits per heavy atom. The van der Waals surface area contributed by atoms with E-state index in [0.29, 0.717) is 11.7 Å². The molecule has 0 saturated carbocycles. The third-order valence-corrected chi connectivity index (χ3v) is 3.13. The van der Waals surface area contributed by atoms with E-state index in [0.717, 1.165) is 19.4 Å². The number of hydrogen-bond donors (Lipinski definition) is 2. The van der Waals surface area contributed by atoms with Gasteiger partial charge in [0.1, 0.15) is 5.76 Å². The fourth-order valence-corrected chi connectivity index (χ4v) is 1.72. The topological polar surface area (TPSA) is 62.5 Å². The Morgan fingerprint density at radius 1 is 1.41 bits per heavy atom. The quantitative estimate of drug-likeness (QED) is 0.767. The summed E-state index contributed by atoms with van der Waals surface area (Å²) in [5.74, 6) is 0.305. The Labute approximate surface area is 102 Å². The van der Waals surface area contributed by atoms with Gasteiger partial charge in [0.05, 0.1) is 6.04 Å². The molecule has 0 radical (unpaired) electrons. The van der Waals surface area contributed by atoms with Crippen LogP contribution < -0.4 is 5.32 Å². The van der Waals surface area contributed by atoms with E-state index in [9.17, 15) is 4.79 Å². The minimum absolute atomic E-state index is 0.00353. The lowest BCUT2D eigenvalue weighted by Crippen LogP contribution is -2.25. The Kier molecular flexibility index (Phi) is 5.22. The van der Waals surface area contributed by atoms with E-state index in [2.05, 4.69) is 19.2 Å². The van der Waals surface area contributed by atoms with Crippen molar-refractivity contribution in [1.82, 2.24) is 5.32 Å². The highest BCUT2D eigenvalue weighted by Crippen LogP contribution is 2.17. The molecule has 96 valence electrons. The molecule has 2 N–H and O–H groups in total. The molecule has 0 aliphatic rings. The zero-order valence-electron chi connectivity index (χ0n) is 10.7. The molecular weight excluding hydrogens is 218 g/mol. The zero-order chi connectivity index (χ0) is 12.8. The second kappa shape index (κ2) is 6.45. The van der Waals surface area contributed by atoms with Crippen molar-refractivity contribution in [3.63, 3.8) is 0 Å². The van der Waals surface area contributed by atoms with Crippen LogP contribution in [0.25, 0.3) is 0 Å². The van der Waals surface area contributed by atoms with Crippen molar-refractivity contribution in [2.75, 3.05) is 6.54 Å². The van der Waals surface area contributed by atoms with Crippen molar-refractivity contribution in [3.05, 3.63) is 23.7 Å². The predicted octanol–water partition coefficient (Wildman–Crippen LogP) is 3.06. The van der Waals surface area contributed by atoms with Crippen LogP contribution in [0.1, 0.15) is 56.0 Å². The molecule has 0 fully saturated rings. The van der Waals surface area contributed by atoms with Crippen LogP contribution in [-0.4, -0.2) is 17.6 Å². The van der Waals surface area contributed by atoms with Crippen LogP contribution in [0.5, 0.6) is 0 Å². The van der Waals surface area contributed by atoms with Gasteiger partial charge in [-0.3, -0.25) is 0 Å². The largest absolute Gasteiger partial charge is 0.475 e. The first kappa shape index (κ1) is 13.8. The SMILES string of the molecule is CCC(CC)CNC(C)c1ccc(C(=O)O)o1. The van der Waals surface area contributed by atoms with Crippen molar-refractivity contribution < 1.29 is 14.3 Å². The summed E-state index contributed by atoms with van der Waals surface area (Å²) in [7, 11) is 0. The first-order valence-electron chi connectivity index (χ1n) is 6.14. The minimum Gasteiger partial charge on any atom is -0.475 e. The van der Waals surface area contributed by atoms with E-state index in [1.165, 1.54) is 6.07 Å². The lowest BCUT2D eigenvalue weighted by molar-refractivity contribution is 0.0659. The van der Waals surface area contributed by atoms with E-state index in [-0.39, 0.29) is 11.8 Å². The fourth-order valence-electron chi connectivity index (χ4n) is 1.72. The molecule has 1 aromatic rings. The third kappa shape index (κ3) is 3.89. The lowest BCUT2D eigenvalue weighted by atomic mass is 10.0. The van der Waals surface area contributed by atoms with Crippen LogP contribution in [0.15, 0.2) is 16.5 Å². The smallest absolute Gasteiger partial charge is 0.371 e. The summed E-state index contributed by atoms with van der Waals surface area (Å²) in [6.45, 7) is 7.26. The average Bonchev–Trinajstić information content (AvgIpc) is 2.79. The van der Waals surface area contributed by atoms with Crippen LogP contribution in [-0.2, 0) is 0 Å². The summed E-state index contributed by atoms with van der Waals surface area (Å²) in [5.41, 5.74) is 0. The molecular formula is C13H21NO3. The van der Waals surface area contributed by atoms with E-state index in [1.807, 2.05) is 6.92 Å². The number of rotatable bonds is 7. The fraction of sp³-hybridized carbons (Fsp3) is 0.615. The van der Waals surface area contributed by atoms with Crippen LogP contribution in [0, 0.1) is 5.92 Å². The molecule has 1 unspecified atom stereocenters. The van der Waals surface area contributed by atoms with Gasteiger partial charge in [-0.1, -0.05) is 26.7 Å². The van der Waals surface area contributed by atoms with Crippen molar-refractivity contribution >= 4 is 5.97 Å². The summed E-state index contributed by atoms with van der Waals surface area (Å²) < 4.78 is 5.24. The van der Waals surface area contributed by atoms with Crippen LogP contribution in [0.4, 0.5) is 0 Å². The second-order valence-corrected chi connectivity index (χ2v) is 4.32. The van der Waals surface area contributed by atoms with Gasteiger partial charge in [0.15, 0.2) is 0 Å². The third-order valence-electron chi connectivity index (χ3n) is 3.13. The number of carbonyl (C=O) groups is 1. The molecule has 1 aromatic heterocycles. The number of nitrogens with one attached hydrogen (secondary N) is 1. The highest BCUT2D eigenvalue weighted by molar-refractivity contribution is 5.84. The van der Waals surface area contributed by atoms with Crippen LogP contribution >= 0.6 is 0 Å². The number of carboxylic acid groups (broad SMARTS) is 1. The summed E-state index contributed by atoms with van der Waals surface area (Å²) in [4.78, 5) is 10.7. The highest BCUT2D eigenvalue weighted by Gasteiger charge is 2.14. The van der Waals surface area contributed by atoms with Gasteiger partial charge in [0, 0.05) is 0 Å². The number of hydrogen-bond acceptors (Lipinski definition) is 3. The molecule has 0 aliphatic heterocycles. The Morgan fingerprint density at radius 2 is 2.06 bits per heavy atom. The van der Waals surface area contributed by atoms with Crippen molar-refractivity contribution in [1.29, 1.82) is 0 Å². The maximum Gasteiger partial charge on any atom is 0.371 e. The summed E-state index contributed by atoms with van der Waals surface area (Å²) >= 11 is 0. The molecule has 0 bridgehead atoms. The summed E-state index contributed by atoms with van der Waals surface area (Å²) in [6.07, 6.45) is 2.30. The van der Waals surface area contributed by atoms with E-state index < -0.39 is 5.97 Å².